The fourth-order valence-corrected chi connectivity index (χ4v) is 3.86. The zero-order chi connectivity index (χ0) is 31.7. The van der Waals surface area contributed by atoms with Gasteiger partial charge in [0.05, 0.1) is 6.04 Å². The number of rotatable bonds is 20. The van der Waals surface area contributed by atoms with Crippen LogP contribution in [0.25, 0.3) is 0 Å². The number of nitrogens with two attached hydrogens (primary N) is 8. The van der Waals surface area contributed by atoms with E-state index < -0.39 is 23.7 Å². The summed E-state index contributed by atoms with van der Waals surface area (Å²) in [5.41, 5.74) is 43.6. The Kier molecular flexibility index (Phi) is 15.8. The summed E-state index contributed by atoms with van der Waals surface area (Å²) >= 11 is 0. The molecule has 1 heterocycles. The van der Waals surface area contributed by atoms with Crippen molar-refractivity contribution in [2.45, 2.75) is 51.0 Å². The van der Waals surface area contributed by atoms with Crippen molar-refractivity contribution < 1.29 is 19.2 Å². The summed E-state index contributed by atoms with van der Waals surface area (Å²) in [6.45, 7) is 1.26. The predicted octanol–water partition coefficient (Wildman–Crippen LogP) is -3.58. The van der Waals surface area contributed by atoms with Crippen LogP contribution in [0, 0.1) is 5.92 Å². The Morgan fingerprint density at radius 3 is 1.93 bits per heavy atom. The number of ketones is 2. The van der Waals surface area contributed by atoms with Gasteiger partial charge in [-0.05, 0) is 38.6 Å². The fraction of sp³-hybridized carbons (Fsp3) is 0.583. The van der Waals surface area contributed by atoms with Gasteiger partial charge in [-0.2, -0.15) is 0 Å². The van der Waals surface area contributed by atoms with E-state index in [4.69, 9.17) is 45.9 Å². The van der Waals surface area contributed by atoms with Gasteiger partial charge in [-0.3, -0.25) is 29.2 Å². The van der Waals surface area contributed by atoms with Crippen LogP contribution in [0.4, 0.5) is 11.6 Å². The van der Waals surface area contributed by atoms with Crippen LogP contribution in [0.5, 0.6) is 0 Å². The molecule has 18 nitrogen and oxygen atoms in total. The molecule has 0 spiro atoms. The third kappa shape index (κ3) is 12.7. The molecule has 1 rings (SSSR count). The smallest absolute Gasteiger partial charge is 0.274 e. The van der Waals surface area contributed by atoms with E-state index in [-0.39, 0.29) is 98.5 Å². The van der Waals surface area contributed by atoms with Gasteiger partial charge >= 0.3 is 0 Å². The largest absolute Gasteiger partial charge is 0.382 e. The summed E-state index contributed by atoms with van der Waals surface area (Å²) in [4.78, 5) is 67.2. The number of nitrogen functional groups attached to an aromatic ring is 2. The maximum atomic E-state index is 13.1. The van der Waals surface area contributed by atoms with Crippen LogP contribution in [0.3, 0.4) is 0 Å². The third-order valence-electron chi connectivity index (χ3n) is 5.95. The summed E-state index contributed by atoms with van der Waals surface area (Å²) in [7, 11) is 0. The van der Waals surface area contributed by atoms with E-state index in [0.29, 0.717) is 25.8 Å². The molecular weight excluding hydrogens is 548 g/mol. The first kappa shape index (κ1) is 35.4. The monoisotopic (exact) mass is 592 g/mol. The number of carbonyl (C=O) groups excluding carboxylic acids is 4. The standard InChI is InChI=1S/C24H44N14O4/c25-7-1-6-15(39)14(5-3-10-35-24(31)32)36-22(42)18-20(28)37-17(19(27)38-18)16(40)12-13(21(41)33-11-8-26)4-2-9-34-23(29)30/h13-14H,1-12,25-26H2,(H2,27,38)(H2,28,37)(H,33,41)(H,36,42)(H4,29,30,34)(H4,31,32,35)/t13-,14?/m1/s1. The first-order valence-corrected chi connectivity index (χ1v) is 13.5. The molecule has 0 aliphatic rings. The van der Waals surface area contributed by atoms with Crippen molar-refractivity contribution in [3.8, 4) is 0 Å². The van der Waals surface area contributed by atoms with Crippen molar-refractivity contribution in [1.29, 1.82) is 0 Å². The van der Waals surface area contributed by atoms with Gasteiger partial charge in [0.1, 0.15) is 0 Å². The Balaban J connectivity index is 3.08. The Morgan fingerprint density at radius 1 is 0.786 bits per heavy atom. The Hall–Kier alpha value is -4.58. The van der Waals surface area contributed by atoms with Crippen molar-refractivity contribution in [1.82, 2.24) is 20.6 Å². The molecule has 0 bridgehead atoms. The summed E-state index contributed by atoms with van der Waals surface area (Å²) in [5, 5.41) is 5.25. The minimum Gasteiger partial charge on any atom is -0.382 e. The lowest BCUT2D eigenvalue weighted by Gasteiger charge is -2.18. The number of anilines is 2. The summed E-state index contributed by atoms with van der Waals surface area (Å²) in [6.07, 6.45) is 1.66. The summed E-state index contributed by atoms with van der Waals surface area (Å²) in [5.74, 6) is -3.73. The molecule has 0 fully saturated rings. The molecular formula is C24H44N14O4. The summed E-state index contributed by atoms with van der Waals surface area (Å²) < 4.78 is 0. The number of aliphatic imine (C=N–C) groups is 2. The molecule has 0 aliphatic heterocycles. The second kappa shape index (κ2) is 18.7. The molecule has 0 saturated heterocycles. The maximum Gasteiger partial charge on any atom is 0.274 e. The molecule has 0 aliphatic carbocycles. The maximum absolute atomic E-state index is 13.1. The normalized spacial score (nSPS) is 12.0. The Labute approximate surface area is 243 Å². The minimum atomic E-state index is -0.895. The molecule has 1 aromatic rings. The number of amides is 2. The lowest BCUT2D eigenvalue weighted by Crippen LogP contribution is -2.42. The van der Waals surface area contributed by atoms with Gasteiger partial charge in [0.25, 0.3) is 5.91 Å². The zero-order valence-electron chi connectivity index (χ0n) is 23.7. The van der Waals surface area contributed by atoms with Crippen LogP contribution in [-0.2, 0) is 9.59 Å². The number of carbonyl (C=O) groups is 4. The zero-order valence-corrected chi connectivity index (χ0v) is 23.7. The highest BCUT2D eigenvalue weighted by Gasteiger charge is 2.28. The van der Waals surface area contributed by atoms with E-state index in [1.54, 1.807) is 0 Å². The average molecular weight is 593 g/mol. The van der Waals surface area contributed by atoms with Crippen LogP contribution < -0.4 is 56.5 Å². The highest BCUT2D eigenvalue weighted by molar-refractivity contribution is 6.03. The number of hydrogen-bond donors (Lipinski definition) is 10. The number of nitrogens with zero attached hydrogens (tertiary/aromatic N) is 4. The highest BCUT2D eigenvalue weighted by Crippen LogP contribution is 2.20. The molecule has 0 radical (unpaired) electrons. The quantitative estimate of drug-likeness (QED) is 0.0303. The van der Waals surface area contributed by atoms with Crippen LogP contribution >= 0.6 is 0 Å². The average Bonchev–Trinajstić information content (AvgIpc) is 2.93. The van der Waals surface area contributed by atoms with E-state index >= 15 is 0 Å². The molecule has 2 amide bonds. The van der Waals surface area contributed by atoms with E-state index in [9.17, 15) is 19.2 Å². The lowest BCUT2D eigenvalue weighted by molar-refractivity contribution is -0.125. The molecule has 2 atom stereocenters. The number of Topliss-reactive ketones (excluding diaryl/α,β-unsaturated/α-hetero) is 2. The molecule has 234 valence electrons. The van der Waals surface area contributed by atoms with Gasteiger partial charge < -0.3 is 56.5 Å². The van der Waals surface area contributed by atoms with Crippen LogP contribution in [0.1, 0.15) is 65.9 Å². The third-order valence-corrected chi connectivity index (χ3v) is 5.95. The van der Waals surface area contributed by atoms with Crippen molar-refractivity contribution >= 4 is 46.9 Å². The molecule has 1 aromatic heterocycles. The van der Waals surface area contributed by atoms with Crippen LogP contribution in [0.2, 0.25) is 0 Å². The lowest BCUT2D eigenvalue weighted by atomic mass is 9.94. The Bertz CT molecular complexity index is 1040. The Morgan fingerprint density at radius 2 is 1.36 bits per heavy atom. The van der Waals surface area contributed by atoms with Gasteiger partial charge in [0.2, 0.25) is 5.91 Å². The molecule has 1 unspecified atom stereocenters. The van der Waals surface area contributed by atoms with Crippen molar-refractivity contribution in [3.05, 3.63) is 11.4 Å². The topological polar surface area (TPSA) is 351 Å². The molecule has 0 aromatic carbocycles. The van der Waals surface area contributed by atoms with Crippen molar-refractivity contribution in [2.75, 3.05) is 44.2 Å². The molecule has 42 heavy (non-hydrogen) atoms. The van der Waals surface area contributed by atoms with E-state index in [1.165, 1.54) is 0 Å². The van der Waals surface area contributed by atoms with Gasteiger partial charge in [-0.15, -0.1) is 0 Å². The van der Waals surface area contributed by atoms with E-state index in [2.05, 4.69) is 30.6 Å². The van der Waals surface area contributed by atoms with Gasteiger partial charge in [0.15, 0.2) is 46.5 Å². The predicted molar refractivity (Wildman–Crippen MR) is 160 cm³/mol. The second-order valence-electron chi connectivity index (χ2n) is 9.38. The first-order valence-electron chi connectivity index (χ1n) is 13.5. The van der Waals surface area contributed by atoms with Gasteiger partial charge in [-0.25, -0.2) is 9.97 Å². The molecule has 18 heteroatoms. The van der Waals surface area contributed by atoms with Crippen molar-refractivity contribution in [2.24, 2.45) is 50.3 Å². The number of nitrogens with one attached hydrogen (secondary N) is 2. The van der Waals surface area contributed by atoms with E-state index in [0.717, 1.165) is 0 Å². The second-order valence-corrected chi connectivity index (χ2v) is 9.38. The van der Waals surface area contributed by atoms with Gasteiger partial charge in [0, 0.05) is 44.9 Å². The van der Waals surface area contributed by atoms with Crippen molar-refractivity contribution in [3.63, 3.8) is 0 Å². The van der Waals surface area contributed by atoms with Gasteiger partial charge in [-0.1, -0.05) is 0 Å². The highest BCUT2D eigenvalue weighted by atomic mass is 16.2. The van der Waals surface area contributed by atoms with E-state index in [1.807, 2.05) is 0 Å². The summed E-state index contributed by atoms with van der Waals surface area (Å²) in [6, 6.07) is -0.895. The van der Waals surface area contributed by atoms with Crippen LogP contribution in [0.15, 0.2) is 9.98 Å². The first-order chi connectivity index (χ1) is 19.9. The number of aromatic nitrogens is 2. The van der Waals surface area contributed by atoms with Crippen LogP contribution in [-0.4, -0.2) is 84.0 Å². The minimum absolute atomic E-state index is 0.0879. The molecule has 0 saturated carbocycles. The number of guanidine groups is 2. The SMILES string of the molecule is NCCCC(=O)C(CCCN=C(N)N)NC(=O)c1nc(N)c(C(=O)C[C@@H](CCCN=C(N)N)C(=O)NCCN)nc1N. The molecule has 18 N–H and O–H groups in total. The fourth-order valence-electron chi connectivity index (χ4n) is 3.86. The number of hydrogen-bond acceptors (Lipinski definition) is 12.